The molecule has 0 aromatic rings. The van der Waals surface area contributed by atoms with Crippen LogP contribution in [0.2, 0.25) is 0 Å². The Morgan fingerprint density at radius 2 is 1.47 bits per heavy atom. The standard InChI is InChI=1S/C46H73NO12/c1-25-23-47(16-12-28-6-7-28)17-13-39(54-25)58-42-26(2)56-41(22-36(42)49)59-43-27(3)55-40(21-35(43)48)57-31-10-14-44(4)30(19-31)8-9-33-34(44)20-37(50)45(5)32(11-15-46(33,45)52)29-18-38(51)53-24-29/h18,25-28,30-37,39-43,48-50,52H,6-17,19-24H2,1-5H3/t25?,26-,27-,30?,31-,32+,33?,34?,35-,36-,37-,39?,40-,41-,42+,43+,44-,45-,46-/m0/s1. The van der Waals surface area contributed by atoms with E-state index in [1.165, 1.54) is 19.3 Å². The Hall–Kier alpha value is -1.23. The first-order valence-electron chi connectivity index (χ1n) is 23.4. The molecule has 0 spiro atoms. The van der Waals surface area contributed by atoms with Crippen molar-refractivity contribution in [2.45, 2.75) is 204 Å². The number of hydrogen-bond donors (Lipinski definition) is 4. The van der Waals surface area contributed by atoms with Gasteiger partial charge in [-0.15, -0.1) is 0 Å². The fourth-order valence-corrected chi connectivity index (χ4v) is 13.8. The fraction of sp³-hybridized carbons (Fsp3) is 0.935. The van der Waals surface area contributed by atoms with Gasteiger partial charge in [-0.2, -0.15) is 0 Å². The van der Waals surface area contributed by atoms with Crippen LogP contribution in [0.15, 0.2) is 11.6 Å². The lowest BCUT2D eigenvalue weighted by Gasteiger charge is -2.65. The summed E-state index contributed by atoms with van der Waals surface area (Å²) in [6, 6.07) is 0. The van der Waals surface area contributed by atoms with Gasteiger partial charge in [0.2, 0.25) is 0 Å². The third-order valence-corrected chi connectivity index (χ3v) is 17.4. The van der Waals surface area contributed by atoms with Gasteiger partial charge < -0.3 is 58.5 Å². The molecule has 334 valence electrons. The highest BCUT2D eigenvalue weighted by molar-refractivity contribution is 5.85. The van der Waals surface area contributed by atoms with E-state index in [1.54, 1.807) is 6.08 Å². The number of fused-ring (bicyclic) bond motifs is 5. The van der Waals surface area contributed by atoms with Crippen molar-refractivity contribution in [2.75, 3.05) is 26.2 Å². The molecule has 0 radical (unpaired) electrons. The zero-order chi connectivity index (χ0) is 41.4. The minimum atomic E-state index is -0.998. The molecule has 3 saturated heterocycles. The third kappa shape index (κ3) is 8.13. The zero-order valence-electron chi connectivity index (χ0n) is 36.1. The van der Waals surface area contributed by atoms with E-state index in [9.17, 15) is 25.2 Å². The molecule has 5 aliphatic carbocycles. The van der Waals surface area contributed by atoms with Crippen LogP contribution in [0.5, 0.6) is 0 Å². The van der Waals surface area contributed by atoms with Crippen molar-refractivity contribution >= 4 is 5.97 Å². The molecule has 9 aliphatic rings. The molecule has 0 aromatic carbocycles. The number of nitrogens with zero attached hydrogens (tertiary/aromatic N) is 1. The minimum Gasteiger partial charge on any atom is -0.458 e. The van der Waals surface area contributed by atoms with E-state index in [1.807, 2.05) is 13.8 Å². The SMILES string of the molecule is CC1CN(CCC2CC2)CCC(O[C@@H]2[C@H](C)O[C@@H](O[C@@H]3[C@H](C)O[C@@H](O[C@H]4CC[C@@]5(C)C(CCC6C5C[C@H](O)[C@]5(C)[C@@H](C7=CC(=O)OC7)CC[C@]65O)C4)C[C@@H]3O)C[C@@H]2O)O1. The molecule has 5 saturated carbocycles. The highest BCUT2D eigenvalue weighted by atomic mass is 16.7. The van der Waals surface area contributed by atoms with Crippen LogP contribution >= 0.6 is 0 Å². The quantitative estimate of drug-likeness (QED) is 0.179. The monoisotopic (exact) mass is 832 g/mol. The highest BCUT2D eigenvalue weighted by Crippen LogP contribution is 2.70. The number of aliphatic hydroxyl groups is 4. The smallest absolute Gasteiger partial charge is 0.331 e. The molecule has 19 atom stereocenters. The summed E-state index contributed by atoms with van der Waals surface area (Å²) in [5.74, 6) is 1.18. The highest BCUT2D eigenvalue weighted by Gasteiger charge is 2.71. The molecule has 9 rings (SSSR count). The number of aliphatic hydroxyl groups excluding tert-OH is 3. The maximum atomic E-state index is 12.6. The average molecular weight is 832 g/mol. The Morgan fingerprint density at radius 1 is 0.780 bits per heavy atom. The van der Waals surface area contributed by atoms with Crippen molar-refractivity contribution in [3.63, 3.8) is 0 Å². The first-order chi connectivity index (χ1) is 28.1. The normalized spacial score (nSPS) is 51.9. The van der Waals surface area contributed by atoms with Crippen molar-refractivity contribution in [3.8, 4) is 0 Å². The van der Waals surface area contributed by atoms with Crippen LogP contribution < -0.4 is 0 Å². The number of rotatable bonds is 10. The van der Waals surface area contributed by atoms with Crippen molar-refractivity contribution in [3.05, 3.63) is 11.6 Å². The van der Waals surface area contributed by atoms with Gasteiger partial charge in [-0.25, -0.2) is 4.79 Å². The Balaban J connectivity index is 0.751. The van der Waals surface area contributed by atoms with Gasteiger partial charge in [-0.05, 0) is 126 Å². The summed E-state index contributed by atoms with van der Waals surface area (Å²) in [6.07, 6.45) is 7.32. The van der Waals surface area contributed by atoms with Gasteiger partial charge in [0.05, 0.1) is 48.3 Å². The van der Waals surface area contributed by atoms with Gasteiger partial charge >= 0.3 is 5.97 Å². The molecular weight excluding hydrogens is 759 g/mol. The number of cyclic esters (lactones) is 1. The molecule has 0 amide bonds. The summed E-state index contributed by atoms with van der Waals surface area (Å²) in [6.45, 7) is 13.5. The molecule has 13 heteroatoms. The number of carbonyl (C=O) groups is 1. The summed E-state index contributed by atoms with van der Waals surface area (Å²) >= 11 is 0. The van der Waals surface area contributed by atoms with Crippen LogP contribution in [-0.2, 0) is 38.0 Å². The van der Waals surface area contributed by atoms with Gasteiger partial charge in [-0.3, -0.25) is 0 Å². The molecule has 4 N–H and O–H groups in total. The Bertz CT molecular complexity index is 1520. The fourth-order valence-electron chi connectivity index (χ4n) is 13.8. The summed E-state index contributed by atoms with van der Waals surface area (Å²) in [5.41, 5.74) is -0.830. The number of esters is 1. The molecule has 0 aromatic heterocycles. The van der Waals surface area contributed by atoms with Crippen molar-refractivity contribution in [1.82, 2.24) is 4.90 Å². The topological polar surface area (TPSA) is 166 Å². The predicted molar refractivity (Wildman–Crippen MR) is 214 cm³/mol. The number of hydrogen-bond acceptors (Lipinski definition) is 13. The summed E-state index contributed by atoms with van der Waals surface area (Å²) in [5, 5.41) is 47.2. The third-order valence-electron chi connectivity index (χ3n) is 17.4. The first kappa shape index (κ1) is 43.0. The van der Waals surface area contributed by atoms with E-state index in [2.05, 4.69) is 25.7 Å². The molecule has 59 heavy (non-hydrogen) atoms. The lowest BCUT2D eigenvalue weighted by molar-refractivity contribution is -0.329. The Morgan fingerprint density at radius 3 is 2.14 bits per heavy atom. The Kier molecular flexibility index (Phi) is 12.2. The molecule has 8 fully saturated rings. The van der Waals surface area contributed by atoms with Crippen LogP contribution in [0, 0.1) is 40.4 Å². The van der Waals surface area contributed by atoms with Gasteiger partial charge in [0, 0.05) is 43.8 Å². The molecule has 0 bridgehead atoms. The second-order valence-electron chi connectivity index (χ2n) is 20.9. The molecule has 13 nitrogen and oxygen atoms in total. The van der Waals surface area contributed by atoms with Gasteiger partial charge in [0.25, 0.3) is 0 Å². The molecule has 5 unspecified atom stereocenters. The predicted octanol–water partition coefficient (Wildman–Crippen LogP) is 4.60. The van der Waals surface area contributed by atoms with Gasteiger partial charge in [0.15, 0.2) is 18.9 Å². The molecular formula is C46H73NO12. The van der Waals surface area contributed by atoms with Crippen LogP contribution in [0.4, 0.5) is 0 Å². The van der Waals surface area contributed by atoms with Crippen molar-refractivity contribution in [1.29, 1.82) is 0 Å². The lowest BCUT2D eigenvalue weighted by Crippen LogP contribution is -2.67. The van der Waals surface area contributed by atoms with E-state index < -0.39 is 72.6 Å². The van der Waals surface area contributed by atoms with Gasteiger partial charge in [-0.1, -0.05) is 26.7 Å². The zero-order valence-corrected chi connectivity index (χ0v) is 36.1. The second-order valence-corrected chi connectivity index (χ2v) is 20.9. The van der Waals surface area contributed by atoms with E-state index in [0.717, 1.165) is 76.1 Å². The number of ether oxygens (including phenoxy) is 7. The summed E-state index contributed by atoms with van der Waals surface area (Å²) in [4.78, 5) is 14.5. The molecule has 4 aliphatic heterocycles. The maximum absolute atomic E-state index is 12.6. The first-order valence-corrected chi connectivity index (χ1v) is 23.4. The maximum Gasteiger partial charge on any atom is 0.331 e. The Labute approximate surface area is 350 Å². The van der Waals surface area contributed by atoms with E-state index in [4.69, 9.17) is 33.2 Å². The van der Waals surface area contributed by atoms with Crippen LogP contribution in [-0.4, -0.2) is 137 Å². The van der Waals surface area contributed by atoms with E-state index >= 15 is 0 Å². The lowest BCUT2D eigenvalue weighted by atomic mass is 9.42. The largest absolute Gasteiger partial charge is 0.458 e. The van der Waals surface area contributed by atoms with Crippen LogP contribution in [0.25, 0.3) is 0 Å². The summed E-state index contributed by atoms with van der Waals surface area (Å²) < 4.78 is 43.5. The van der Waals surface area contributed by atoms with Crippen molar-refractivity contribution in [2.24, 2.45) is 40.4 Å². The van der Waals surface area contributed by atoms with Crippen LogP contribution in [0.1, 0.15) is 125 Å². The summed E-state index contributed by atoms with van der Waals surface area (Å²) in [7, 11) is 0. The van der Waals surface area contributed by atoms with Crippen molar-refractivity contribution < 1.29 is 58.4 Å². The van der Waals surface area contributed by atoms with E-state index in [0.29, 0.717) is 18.8 Å². The second kappa shape index (κ2) is 16.7. The van der Waals surface area contributed by atoms with Gasteiger partial charge in [0.1, 0.15) is 18.8 Å². The van der Waals surface area contributed by atoms with E-state index in [-0.39, 0.29) is 60.8 Å². The number of carbonyl (C=O) groups excluding carboxylic acids is 1. The minimum absolute atomic E-state index is 0.0167. The average Bonchev–Trinajstić information content (AvgIpc) is 3.88. The van der Waals surface area contributed by atoms with Crippen LogP contribution in [0.3, 0.4) is 0 Å². The molecule has 4 heterocycles.